The number of nitrogens with two attached hydrogens (primary N) is 1. The molecule has 3 saturated heterocycles. The minimum atomic E-state index is -2.80. The Bertz CT molecular complexity index is 423. The van der Waals surface area contributed by atoms with Crippen LogP contribution < -0.4 is 5.73 Å². The van der Waals surface area contributed by atoms with Crippen molar-refractivity contribution in [1.29, 1.82) is 0 Å². The molecule has 0 aromatic rings. The van der Waals surface area contributed by atoms with E-state index in [0.29, 0.717) is 43.2 Å². The fraction of sp³-hybridized carbons (Fsp3) is 1.00. The van der Waals surface area contributed by atoms with Gasteiger partial charge < -0.3 is 10.6 Å². The van der Waals surface area contributed by atoms with Gasteiger partial charge in [-0.05, 0) is 32.7 Å². The number of fused-ring (bicyclic) bond motifs is 2. The van der Waals surface area contributed by atoms with Crippen LogP contribution in [-0.2, 0) is 9.84 Å². The van der Waals surface area contributed by atoms with Gasteiger partial charge in [0.15, 0.2) is 9.84 Å². The monoisotopic (exact) mass is 287 g/mol. The van der Waals surface area contributed by atoms with Crippen molar-refractivity contribution in [3.63, 3.8) is 0 Å². The van der Waals surface area contributed by atoms with Gasteiger partial charge in [0.2, 0.25) is 0 Å². The van der Waals surface area contributed by atoms with Crippen LogP contribution in [0.5, 0.6) is 0 Å². The lowest BCUT2D eigenvalue weighted by Crippen LogP contribution is -2.64. The van der Waals surface area contributed by atoms with E-state index < -0.39 is 9.84 Å². The summed E-state index contributed by atoms with van der Waals surface area (Å²) >= 11 is 0. The normalized spacial score (nSPS) is 43.5. The quantitative estimate of drug-likeness (QED) is 0.753. The number of sulfone groups is 1. The highest BCUT2D eigenvalue weighted by Crippen LogP contribution is 2.42. The van der Waals surface area contributed by atoms with Crippen LogP contribution in [0.25, 0.3) is 0 Å². The molecule has 2 unspecified atom stereocenters. The van der Waals surface area contributed by atoms with E-state index in [1.807, 2.05) is 0 Å². The number of hydrogen-bond donors (Lipinski definition) is 1. The lowest BCUT2D eigenvalue weighted by molar-refractivity contribution is 0.00579. The van der Waals surface area contributed by atoms with Gasteiger partial charge >= 0.3 is 0 Å². The summed E-state index contributed by atoms with van der Waals surface area (Å²) < 4.78 is 23.2. The Labute approximate surface area is 116 Å². The van der Waals surface area contributed by atoms with Crippen molar-refractivity contribution < 1.29 is 8.42 Å². The van der Waals surface area contributed by atoms with Gasteiger partial charge in [0.25, 0.3) is 0 Å². The predicted molar refractivity (Wildman–Crippen MR) is 75.8 cm³/mol. The molecule has 2 bridgehead atoms. The lowest BCUT2D eigenvalue weighted by atomic mass is 9.81. The van der Waals surface area contributed by atoms with E-state index in [1.54, 1.807) is 0 Å². The molecule has 0 aliphatic carbocycles. The minimum Gasteiger partial charge on any atom is -0.329 e. The van der Waals surface area contributed by atoms with Crippen molar-refractivity contribution in [2.24, 2.45) is 5.73 Å². The standard InChI is InChI=1S/C13H25N3O2S/c1-15-11-2-3-12(15)9-13(8-11,10-14)16-4-6-19(17,18)7-5-16/h11-12H,2-10,14H2,1H3. The predicted octanol–water partition coefficient (Wildman–Crippen LogP) is -0.329. The van der Waals surface area contributed by atoms with Crippen LogP contribution in [0.4, 0.5) is 0 Å². The number of nitrogens with zero attached hydrogens (tertiary/aromatic N) is 2. The highest BCUT2D eigenvalue weighted by atomic mass is 32.2. The first-order chi connectivity index (χ1) is 8.96. The van der Waals surface area contributed by atoms with E-state index >= 15 is 0 Å². The summed E-state index contributed by atoms with van der Waals surface area (Å²) in [7, 11) is -0.579. The first-order valence-electron chi connectivity index (χ1n) is 7.33. The summed E-state index contributed by atoms with van der Waals surface area (Å²) in [6.07, 6.45) is 4.76. The van der Waals surface area contributed by atoms with E-state index in [-0.39, 0.29) is 5.54 Å². The number of rotatable bonds is 2. The summed E-state index contributed by atoms with van der Waals surface area (Å²) in [5.74, 6) is 0.611. The molecule has 0 amide bonds. The third-order valence-electron chi connectivity index (χ3n) is 5.61. The lowest BCUT2D eigenvalue weighted by Gasteiger charge is -2.52. The summed E-state index contributed by atoms with van der Waals surface area (Å²) in [6, 6.07) is 1.28. The molecule has 110 valence electrons. The Balaban J connectivity index is 1.78. The molecule has 3 aliphatic rings. The van der Waals surface area contributed by atoms with Crippen LogP contribution in [0.3, 0.4) is 0 Å². The van der Waals surface area contributed by atoms with Gasteiger partial charge in [-0.25, -0.2) is 8.42 Å². The van der Waals surface area contributed by atoms with Gasteiger partial charge in [-0.2, -0.15) is 0 Å². The molecule has 3 fully saturated rings. The average Bonchev–Trinajstić information content (AvgIpc) is 2.62. The molecule has 0 saturated carbocycles. The second kappa shape index (κ2) is 4.69. The van der Waals surface area contributed by atoms with Crippen molar-refractivity contribution in [2.45, 2.75) is 43.3 Å². The molecule has 0 aromatic carbocycles. The van der Waals surface area contributed by atoms with Crippen LogP contribution in [0, 0.1) is 0 Å². The van der Waals surface area contributed by atoms with Gasteiger partial charge in [-0.1, -0.05) is 0 Å². The second-order valence-corrected chi connectivity index (χ2v) is 8.83. The van der Waals surface area contributed by atoms with Crippen molar-refractivity contribution in [3.8, 4) is 0 Å². The molecule has 2 N–H and O–H groups in total. The van der Waals surface area contributed by atoms with Gasteiger partial charge in [-0.15, -0.1) is 0 Å². The molecular weight excluding hydrogens is 262 g/mol. The second-order valence-electron chi connectivity index (χ2n) is 6.53. The van der Waals surface area contributed by atoms with Crippen LogP contribution in [-0.4, -0.2) is 74.0 Å². The summed E-state index contributed by atoms with van der Waals surface area (Å²) in [4.78, 5) is 4.89. The van der Waals surface area contributed by atoms with E-state index in [2.05, 4.69) is 16.8 Å². The van der Waals surface area contributed by atoms with Gasteiger partial charge in [0, 0.05) is 37.3 Å². The zero-order valence-corrected chi connectivity index (χ0v) is 12.5. The largest absolute Gasteiger partial charge is 0.329 e. The van der Waals surface area contributed by atoms with E-state index in [4.69, 9.17) is 5.73 Å². The minimum absolute atomic E-state index is 0.0499. The molecule has 0 aromatic heterocycles. The Kier molecular flexibility index (Phi) is 3.40. The Morgan fingerprint density at radius 1 is 1.16 bits per heavy atom. The van der Waals surface area contributed by atoms with Crippen molar-refractivity contribution >= 4 is 9.84 Å². The smallest absolute Gasteiger partial charge is 0.152 e. The molecule has 3 aliphatic heterocycles. The van der Waals surface area contributed by atoms with E-state index in [9.17, 15) is 8.42 Å². The first-order valence-corrected chi connectivity index (χ1v) is 9.15. The summed E-state index contributed by atoms with van der Waals surface area (Å²) in [5.41, 5.74) is 6.17. The zero-order chi connectivity index (χ0) is 13.7. The van der Waals surface area contributed by atoms with Crippen LogP contribution in [0.1, 0.15) is 25.7 Å². The maximum atomic E-state index is 11.6. The molecule has 5 nitrogen and oxygen atoms in total. The Morgan fingerprint density at radius 2 is 1.68 bits per heavy atom. The number of piperidine rings is 1. The molecule has 3 heterocycles. The van der Waals surface area contributed by atoms with Gasteiger partial charge in [0.1, 0.15) is 0 Å². The fourth-order valence-corrected chi connectivity index (χ4v) is 5.48. The third kappa shape index (κ3) is 2.33. The topological polar surface area (TPSA) is 66.6 Å². The third-order valence-corrected chi connectivity index (χ3v) is 7.22. The summed E-state index contributed by atoms with van der Waals surface area (Å²) in [5, 5.41) is 0. The maximum absolute atomic E-state index is 11.6. The van der Waals surface area contributed by atoms with Crippen molar-refractivity contribution in [2.75, 3.05) is 38.2 Å². The average molecular weight is 287 g/mol. The molecule has 0 spiro atoms. The van der Waals surface area contributed by atoms with Crippen LogP contribution >= 0.6 is 0 Å². The molecular formula is C13H25N3O2S. The SMILES string of the molecule is CN1C2CCC1CC(CN)(N1CCS(=O)(=O)CC1)C2. The van der Waals surface area contributed by atoms with Crippen molar-refractivity contribution in [3.05, 3.63) is 0 Å². The first kappa shape index (κ1) is 13.8. The molecule has 19 heavy (non-hydrogen) atoms. The molecule has 0 radical (unpaired) electrons. The van der Waals surface area contributed by atoms with Crippen LogP contribution in [0.15, 0.2) is 0 Å². The van der Waals surface area contributed by atoms with Gasteiger partial charge in [0.05, 0.1) is 11.5 Å². The molecule has 3 rings (SSSR count). The zero-order valence-electron chi connectivity index (χ0n) is 11.7. The highest BCUT2D eigenvalue weighted by molar-refractivity contribution is 7.91. The van der Waals surface area contributed by atoms with E-state index in [1.165, 1.54) is 12.8 Å². The summed E-state index contributed by atoms with van der Waals surface area (Å²) in [6.45, 7) is 2.00. The Morgan fingerprint density at radius 3 is 2.16 bits per heavy atom. The Hall–Kier alpha value is -0.170. The van der Waals surface area contributed by atoms with Crippen LogP contribution in [0.2, 0.25) is 0 Å². The molecule has 6 heteroatoms. The van der Waals surface area contributed by atoms with Gasteiger partial charge in [-0.3, -0.25) is 4.90 Å². The molecule has 2 atom stereocenters. The number of hydrogen-bond acceptors (Lipinski definition) is 5. The highest BCUT2D eigenvalue weighted by Gasteiger charge is 2.49. The fourth-order valence-electron chi connectivity index (χ4n) is 4.28. The maximum Gasteiger partial charge on any atom is 0.152 e. The van der Waals surface area contributed by atoms with Crippen molar-refractivity contribution in [1.82, 2.24) is 9.80 Å². The van der Waals surface area contributed by atoms with E-state index in [0.717, 1.165) is 12.8 Å².